The number of ether oxygens (including phenoxy) is 1. The number of nitrogens with zero attached hydrogens (tertiary/aromatic N) is 2. The van der Waals surface area contributed by atoms with E-state index < -0.39 is 5.97 Å². The number of aryl methyl sites for hydroxylation is 1. The highest BCUT2D eigenvalue weighted by Crippen LogP contribution is 2.26. The molecule has 1 aromatic carbocycles. The molecule has 6 nitrogen and oxygen atoms in total. The van der Waals surface area contributed by atoms with Crippen molar-refractivity contribution in [3.05, 3.63) is 40.5 Å². The molecule has 2 rings (SSSR count). The van der Waals surface area contributed by atoms with Gasteiger partial charge < -0.3 is 14.4 Å². The van der Waals surface area contributed by atoms with Crippen LogP contribution in [0.2, 0.25) is 5.02 Å². The molecule has 0 aliphatic carbocycles. The summed E-state index contributed by atoms with van der Waals surface area (Å²) in [5.41, 5.74) is -0.0876. The predicted molar refractivity (Wildman–Crippen MR) is 61.8 cm³/mol. The van der Waals surface area contributed by atoms with Gasteiger partial charge in [0.2, 0.25) is 0 Å². The van der Waals surface area contributed by atoms with Crippen molar-refractivity contribution in [2.75, 3.05) is 0 Å². The third kappa shape index (κ3) is 2.60. The molecular formula is C11H9ClN2O4. The summed E-state index contributed by atoms with van der Waals surface area (Å²) in [4.78, 5) is 15.0. The molecule has 0 radical (unpaired) electrons. The van der Waals surface area contributed by atoms with Crippen molar-refractivity contribution in [3.63, 3.8) is 0 Å². The molecule has 94 valence electrons. The average Bonchev–Trinajstić information content (AvgIpc) is 2.72. The standard InChI is InChI=1S/C11H9ClN2O4/c1-6-13-9(18-14-6)5-17-8-4-2-3-7(12)10(8)11(15)16/h2-4H,5H2,1H3,(H,15,16). The molecule has 7 heteroatoms. The first kappa shape index (κ1) is 12.4. The van der Waals surface area contributed by atoms with E-state index in [9.17, 15) is 4.79 Å². The zero-order valence-electron chi connectivity index (χ0n) is 9.38. The Hall–Kier alpha value is -2.08. The van der Waals surface area contributed by atoms with Gasteiger partial charge in [-0.2, -0.15) is 4.98 Å². The van der Waals surface area contributed by atoms with Crippen LogP contribution >= 0.6 is 11.6 Å². The summed E-state index contributed by atoms with van der Waals surface area (Å²) >= 11 is 5.80. The van der Waals surface area contributed by atoms with Crippen LogP contribution in [0, 0.1) is 6.92 Å². The number of carboxylic acid groups (broad SMARTS) is 1. The number of carbonyl (C=O) groups is 1. The Balaban J connectivity index is 2.19. The van der Waals surface area contributed by atoms with Gasteiger partial charge in [-0.1, -0.05) is 22.8 Å². The molecule has 1 N–H and O–H groups in total. The van der Waals surface area contributed by atoms with Gasteiger partial charge in [0.25, 0.3) is 5.89 Å². The maximum absolute atomic E-state index is 11.0. The first-order valence-corrected chi connectivity index (χ1v) is 5.39. The number of hydrogen-bond acceptors (Lipinski definition) is 5. The van der Waals surface area contributed by atoms with E-state index in [1.54, 1.807) is 13.0 Å². The molecule has 0 saturated carbocycles. The Kier molecular flexibility index (Phi) is 3.47. The summed E-state index contributed by atoms with van der Waals surface area (Å²) in [6.45, 7) is 1.66. The average molecular weight is 269 g/mol. The fourth-order valence-corrected chi connectivity index (χ4v) is 1.62. The minimum Gasteiger partial charge on any atom is -0.483 e. The number of carboxylic acids is 1. The van der Waals surface area contributed by atoms with E-state index in [2.05, 4.69) is 10.1 Å². The first-order chi connectivity index (χ1) is 8.58. The zero-order chi connectivity index (χ0) is 13.1. The second-order valence-electron chi connectivity index (χ2n) is 3.44. The van der Waals surface area contributed by atoms with Crippen LogP contribution in [-0.2, 0) is 6.61 Å². The molecule has 1 heterocycles. The molecule has 0 aliphatic heterocycles. The van der Waals surface area contributed by atoms with Crippen LogP contribution in [0.25, 0.3) is 0 Å². The molecule has 2 aromatic rings. The summed E-state index contributed by atoms with van der Waals surface area (Å²) in [5, 5.41) is 12.7. The summed E-state index contributed by atoms with van der Waals surface area (Å²) in [6.07, 6.45) is 0. The minimum absolute atomic E-state index is 0.0124. The van der Waals surface area contributed by atoms with Crippen molar-refractivity contribution in [2.24, 2.45) is 0 Å². The van der Waals surface area contributed by atoms with E-state index >= 15 is 0 Å². The molecule has 18 heavy (non-hydrogen) atoms. The van der Waals surface area contributed by atoms with E-state index in [1.807, 2.05) is 0 Å². The lowest BCUT2D eigenvalue weighted by Crippen LogP contribution is -2.04. The molecule has 1 aromatic heterocycles. The number of aromatic nitrogens is 2. The van der Waals surface area contributed by atoms with E-state index in [0.29, 0.717) is 5.82 Å². The smallest absolute Gasteiger partial charge is 0.341 e. The number of aromatic carboxylic acids is 1. The second kappa shape index (κ2) is 5.05. The first-order valence-electron chi connectivity index (χ1n) is 5.01. The van der Waals surface area contributed by atoms with Crippen LogP contribution in [0.1, 0.15) is 22.1 Å². The lowest BCUT2D eigenvalue weighted by Gasteiger charge is -2.07. The van der Waals surface area contributed by atoms with Crippen molar-refractivity contribution in [3.8, 4) is 5.75 Å². The van der Waals surface area contributed by atoms with Gasteiger partial charge in [0.05, 0.1) is 5.02 Å². The fourth-order valence-electron chi connectivity index (χ4n) is 1.37. The Labute approximate surface area is 107 Å². The van der Waals surface area contributed by atoms with E-state index in [-0.39, 0.29) is 28.8 Å². The monoisotopic (exact) mass is 268 g/mol. The van der Waals surface area contributed by atoms with Crippen LogP contribution in [0.5, 0.6) is 5.75 Å². The van der Waals surface area contributed by atoms with Crippen LogP contribution in [0.3, 0.4) is 0 Å². The van der Waals surface area contributed by atoms with Crippen LogP contribution < -0.4 is 4.74 Å². The van der Waals surface area contributed by atoms with Crippen molar-refractivity contribution >= 4 is 17.6 Å². The largest absolute Gasteiger partial charge is 0.483 e. The van der Waals surface area contributed by atoms with Gasteiger partial charge in [-0.15, -0.1) is 0 Å². The molecule has 0 fully saturated rings. The van der Waals surface area contributed by atoms with Gasteiger partial charge in [0.1, 0.15) is 11.3 Å². The van der Waals surface area contributed by atoms with Gasteiger partial charge in [-0.05, 0) is 19.1 Å². The van der Waals surface area contributed by atoms with Gasteiger partial charge in [0, 0.05) is 0 Å². The quantitative estimate of drug-likeness (QED) is 0.916. The third-order valence-electron chi connectivity index (χ3n) is 2.11. The lowest BCUT2D eigenvalue weighted by atomic mass is 10.2. The Bertz CT molecular complexity index is 582. The number of rotatable bonds is 4. The van der Waals surface area contributed by atoms with Gasteiger partial charge in [-0.3, -0.25) is 0 Å². The SMILES string of the molecule is Cc1noc(COc2cccc(Cl)c2C(=O)O)n1. The van der Waals surface area contributed by atoms with Crippen molar-refractivity contribution in [1.29, 1.82) is 0 Å². The highest BCUT2D eigenvalue weighted by atomic mass is 35.5. The van der Waals surface area contributed by atoms with Crippen molar-refractivity contribution in [2.45, 2.75) is 13.5 Å². The van der Waals surface area contributed by atoms with E-state index in [4.69, 9.17) is 26.0 Å². The fraction of sp³-hybridized carbons (Fsp3) is 0.182. The summed E-state index contributed by atoms with van der Waals surface area (Å²) in [5.74, 6) is -0.245. The molecule has 0 saturated heterocycles. The highest BCUT2D eigenvalue weighted by Gasteiger charge is 2.16. The third-order valence-corrected chi connectivity index (χ3v) is 2.42. The lowest BCUT2D eigenvalue weighted by molar-refractivity contribution is 0.0691. The molecular weight excluding hydrogens is 260 g/mol. The molecule has 0 aliphatic rings. The topological polar surface area (TPSA) is 85.5 Å². The molecule has 0 spiro atoms. The number of benzene rings is 1. The Morgan fingerprint density at radius 3 is 2.94 bits per heavy atom. The zero-order valence-corrected chi connectivity index (χ0v) is 10.1. The van der Waals surface area contributed by atoms with Gasteiger partial charge in [0.15, 0.2) is 12.4 Å². The normalized spacial score (nSPS) is 10.3. The van der Waals surface area contributed by atoms with Crippen LogP contribution in [0.4, 0.5) is 0 Å². The van der Waals surface area contributed by atoms with Gasteiger partial charge >= 0.3 is 5.97 Å². The predicted octanol–water partition coefficient (Wildman–Crippen LogP) is 2.31. The number of hydrogen-bond donors (Lipinski definition) is 1. The molecule has 0 atom stereocenters. The summed E-state index contributed by atoms with van der Waals surface area (Å²) in [6, 6.07) is 4.59. The summed E-state index contributed by atoms with van der Waals surface area (Å²) in [7, 11) is 0. The second-order valence-corrected chi connectivity index (χ2v) is 3.85. The maximum Gasteiger partial charge on any atom is 0.341 e. The van der Waals surface area contributed by atoms with Crippen LogP contribution in [-0.4, -0.2) is 21.2 Å². The maximum atomic E-state index is 11.0. The van der Waals surface area contributed by atoms with Crippen LogP contribution in [0.15, 0.2) is 22.7 Å². The van der Waals surface area contributed by atoms with Crippen molar-refractivity contribution in [1.82, 2.24) is 10.1 Å². The van der Waals surface area contributed by atoms with Gasteiger partial charge in [-0.25, -0.2) is 4.79 Å². The molecule has 0 unspecified atom stereocenters. The molecule has 0 bridgehead atoms. The Morgan fingerprint density at radius 1 is 1.56 bits per heavy atom. The summed E-state index contributed by atoms with van der Waals surface area (Å²) < 4.78 is 10.2. The van der Waals surface area contributed by atoms with Crippen molar-refractivity contribution < 1.29 is 19.2 Å². The van der Waals surface area contributed by atoms with E-state index in [1.165, 1.54) is 12.1 Å². The Morgan fingerprint density at radius 2 is 2.33 bits per heavy atom. The number of halogens is 1. The minimum atomic E-state index is -1.16. The highest BCUT2D eigenvalue weighted by molar-refractivity contribution is 6.33. The molecule has 0 amide bonds. The van der Waals surface area contributed by atoms with E-state index in [0.717, 1.165) is 0 Å².